The van der Waals surface area contributed by atoms with Crippen LogP contribution in [0, 0.1) is 0 Å². The van der Waals surface area contributed by atoms with E-state index in [1.54, 1.807) is 31.4 Å². The van der Waals surface area contributed by atoms with Gasteiger partial charge in [0.15, 0.2) is 5.69 Å². The van der Waals surface area contributed by atoms with Crippen molar-refractivity contribution in [3.63, 3.8) is 0 Å². The first-order chi connectivity index (χ1) is 12.1. The van der Waals surface area contributed by atoms with Crippen LogP contribution in [0.3, 0.4) is 0 Å². The predicted molar refractivity (Wildman–Crippen MR) is 98.7 cm³/mol. The number of nitrogens with zero attached hydrogens (tertiary/aromatic N) is 2. The fourth-order valence-corrected chi connectivity index (χ4v) is 2.70. The first-order valence-electron chi connectivity index (χ1n) is 7.40. The van der Waals surface area contributed by atoms with Crippen LogP contribution < -0.4 is 10.1 Å². The van der Waals surface area contributed by atoms with Gasteiger partial charge in [0.05, 0.1) is 24.9 Å². The van der Waals surface area contributed by atoms with Crippen LogP contribution in [0.4, 0.5) is 11.4 Å². The molecule has 1 aromatic heterocycles. The van der Waals surface area contributed by atoms with Crippen LogP contribution >= 0.6 is 15.9 Å². The van der Waals surface area contributed by atoms with Crippen LogP contribution in [0.5, 0.6) is 11.6 Å². The van der Waals surface area contributed by atoms with Crippen molar-refractivity contribution >= 4 is 44.1 Å². The number of halogens is 1. The molecule has 0 radical (unpaired) electrons. The van der Waals surface area contributed by atoms with Crippen molar-refractivity contribution in [1.29, 1.82) is 0 Å². The minimum Gasteiger partial charge on any atom is -0.495 e. The van der Waals surface area contributed by atoms with Crippen molar-refractivity contribution in [1.82, 2.24) is 4.98 Å². The number of hydrogen-bond acceptors (Lipinski definition) is 5. The minimum atomic E-state index is -0.477. The van der Waals surface area contributed by atoms with Gasteiger partial charge in [0.2, 0.25) is 5.88 Å². The van der Waals surface area contributed by atoms with E-state index in [0.717, 1.165) is 4.47 Å². The Labute approximate surface area is 151 Å². The topological polar surface area (TPSA) is 99.1 Å². The molecule has 2 aromatic carbocycles. The number of azo groups is 1. The average Bonchev–Trinajstić information content (AvgIpc) is 2.93. The minimum absolute atomic E-state index is 0.0450. The third-order valence-corrected chi connectivity index (χ3v) is 4.01. The molecule has 1 heterocycles. The number of rotatable bonds is 5. The molecule has 3 aromatic rings. The number of anilines is 1. The third kappa shape index (κ3) is 3.80. The van der Waals surface area contributed by atoms with Crippen molar-refractivity contribution < 1.29 is 14.6 Å². The van der Waals surface area contributed by atoms with Crippen molar-refractivity contribution in [2.45, 2.75) is 0 Å². The van der Waals surface area contributed by atoms with E-state index in [0.29, 0.717) is 22.3 Å². The van der Waals surface area contributed by atoms with Crippen LogP contribution in [0.25, 0.3) is 10.9 Å². The van der Waals surface area contributed by atoms with E-state index in [4.69, 9.17) is 4.74 Å². The predicted octanol–water partition coefficient (Wildman–Crippen LogP) is 4.37. The lowest BCUT2D eigenvalue weighted by Gasteiger charge is -2.08. The Morgan fingerprint density at radius 3 is 2.92 bits per heavy atom. The van der Waals surface area contributed by atoms with Gasteiger partial charge in [-0.25, -0.2) is 0 Å². The number of ether oxygens (including phenoxy) is 1. The summed E-state index contributed by atoms with van der Waals surface area (Å²) in [7, 11) is 1.56. The zero-order chi connectivity index (χ0) is 17.8. The molecule has 0 aliphatic carbocycles. The van der Waals surface area contributed by atoms with Gasteiger partial charge in [-0.05, 0) is 30.3 Å². The maximum absolute atomic E-state index is 12.0. The monoisotopic (exact) mass is 402 g/mol. The van der Waals surface area contributed by atoms with Crippen LogP contribution in [-0.2, 0) is 4.79 Å². The number of aromatic amines is 1. The first kappa shape index (κ1) is 17.0. The van der Waals surface area contributed by atoms with E-state index in [9.17, 15) is 9.90 Å². The fourth-order valence-electron chi connectivity index (χ4n) is 2.34. The third-order valence-electron chi connectivity index (χ3n) is 3.51. The van der Waals surface area contributed by atoms with Gasteiger partial charge in [0.1, 0.15) is 5.75 Å². The Morgan fingerprint density at radius 2 is 2.12 bits per heavy atom. The number of methoxy groups -OCH3 is 1. The Bertz CT molecular complexity index is 952. The number of aromatic hydroxyl groups is 1. The van der Waals surface area contributed by atoms with Gasteiger partial charge in [0, 0.05) is 9.86 Å². The van der Waals surface area contributed by atoms with Crippen LogP contribution in [-0.4, -0.2) is 29.7 Å². The van der Waals surface area contributed by atoms with Crippen molar-refractivity contribution in [2.24, 2.45) is 10.2 Å². The molecule has 3 rings (SSSR count). The van der Waals surface area contributed by atoms with E-state index < -0.39 is 5.91 Å². The van der Waals surface area contributed by atoms with Gasteiger partial charge in [-0.2, -0.15) is 0 Å². The number of hydrogen-bond donors (Lipinski definition) is 3. The van der Waals surface area contributed by atoms with Gasteiger partial charge < -0.3 is 20.1 Å². The molecule has 25 heavy (non-hydrogen) atoms. The molecule has 0 bridgehead atoms. The number of aromatic nitrogens is 1. The molecule has 0 aliphatic rings. The lowest BCUT2D eigenvalue weighted by Crippen LogP contribution is -2.11. The summed E-state index contributed by atoms with van der Waals surface area (Å²) >= 11 is 3.36. The van der Waals surface area contributed by atoms with Crippen LogP contribution in [0.2, 0.25) is 0 Å². The number of carbonyl (C=O) groups is 1. The lowest BCUT2D eigenvalue weighted by molar-refractivity contribution is -0.116. The number of H-pyrrole nitrogens is 1. The average molecular weight is 403 g/mol. The largest absolute Gasteiger partial charge is 0.495 e. The highest BCUT2D eigenvalue weighted by Gasteiger charge is 2.11. The molecule has 0 unspecified atom stereocenters. The van der Waals surface area contributed by atoms with Gasteiger partial charge in [-0.1, -0.05) is 28.1 Å². The molecule has 8 heteroatoms. The van der Waals surface area contributed by atoms with Crippen molar-refractivity contribution in [3.05, 3.63) is 46.9 Å². The maximum atomic E-state index is 12.0. The summed E-state index contributed by atoms with van der Waals surface area (Å²) in [6.07, 6.45) is 0. The SMILES string of the molecule is COc1ccccc1NCC(=O)N=Nc1c(O)[nH]c2ccc(Br)cc12. The van der Waals surface area contributed by atoms with Gasteiger partial charge in [0.25, 0.3) is 5.91 Å². The van der Waals surface area contributed by atoms with Gasteiger partial charge >= 0.3 is 0 Å². The number of nitrogens with one attached hydrogen (secondary N) is 2. The Hall–Kier alpha value is -2.87. The molecule has 0 saturated carbocycles. The number of para-hydroxylation sites is 2. The lowest BCUT2D eigenvalue weighted by atomic mass is 10.2. The second kappa shape index (κ2) is 7.35. The van der Waals surface area contributed by atoms with E-state index in [1.807, 2.05) is 18.2 Å². The molecule has 7 nitrogen and oxygen atoms in total. The Morgan fingerprint density at radius 1 is 1.32 bits per heavy atom. The summed E-state index contributed by atoms with van der Waals surface area (Å²) in [6.45, 7) is -0.0450. The smallest absolute Gasteiger partial charge is 0.283 e. The Balaban J connectivity index is 1.73. The summed E-state index contributed by atoms with van der Waals surface area (Å²) in [5, 5.41) is 21.1. The molecule has 0 fully saturated rings. The van der Waals surface area contributed by atoms with Crippen molar-refractivity contribution in [3.8, 4) is 11.6 Å². The molecule has 0 atom stereocenters. The zero-order valence-electron chi connectivity index (χ0n) is 13.3. The van der Waals surface area contributed by atoms with Crippen LogP contribution in [0.1, 0.15) is 0 Å². The number of fused-ring (bicyclic) bond motifs is 1. The zero-order valence-corrected chi connectivity index (χ0v) is 14.9. The van der Waals surface area contributed by atoms with E-state index in [1.165, 1.54) is 0 Å². The summed E-state index contributed by atoms with van der Waals surface area (Å²) in [5.74, 6) is 0.0170. The van der Waals surface area contributed by atoms with E-state index in [2.05, 4.69) is 36.5 Å². The highest BCUT2D eigenvalue weighted by molar-refractivity contribution is 9.10. The standard InChI is InChI=1S/C17H15BrN4O3/c1-25-14-5-3-2-4-13(14)19-9-15(23)21-22-16-11-8-10(18)6-7-12(11)20-17(16)24/h2-8,19-20,24H,9H2,1H3. The Kier molecular flexibility index (Phi) is 4.99. The number of carbonyl (C=O) groups excluding carboxylic acids is 1. The van der Waals surface area contributed by atoms with Crippen molar-refractivity contribution in [2.75, 3.05) is 19.0 Å². The second-order valence-corrected chi connectivity index (χ2v) is 6.08. The molecule has 0 aliphatic heterocycles. The normalized spacial score (nSPS) is 11.1. The molecular formula is C17H15BrN4O3. The highest BCUT2D eigenvalue weighted by Crippen LogP contribution is 2.36. The summed E-state index contributed by atoms with van der Waals surface area (Å²) in [4.78, 5) is 14.7. The summed E-state index contributed by atoms with van der Waals surface area (Å²) in [6, 6.07) is 12.7. The molecule has 128 valence electrons. The van der Waals surface area contributed by atoms with Crippen LogP contribution in [0.15, 0.2) is 57.2 Å². The fraction of sp³-hybridized carbons (Fsp3) is 0.118. The van der Waals surface area contributed by atoms with Gasteiger partial charge in [-0.15, -0.1) is 10.2 Å². The summed E-state index contributed by atoms with van der Waals surface area (Å²) in [5.41, 5.74) is 1.61. The first-order valence-corrected chi connectivity index (χ1v) is 8.19. The number of benzene rings is 2. The highest BCUT2D eigenvalue weighted by atomic mass is 79.9. The second-order valence-electron chi connectivity index (χ2n) is 5.16. The van der Waals surface area contributed by atoms with E-state index in [-0.39, 0.29) is 18.1 Å². The molecule has 0 saturated heterocycles. The summed E-state index contributed by atoms with van der Waals surface area (Å²) < 4.78 is 6.04. The number of amides is 1. The van der Waals surface area contributed by atoms with Gasteiger partial charge in [-0.3, -0.25) is 4.79 Å². The molecular weight excluding hydrogens is 388 g/mol. The van der Waals surface area contributed by atoms with E-state index >= 15 is 0 Å². The molecule has 3 N–H and O–H groups in total. The quantitative estimate of drug-likeness (QED) is 0.551. The molecule has 0 spiro atoms. The molecule has 1 amide bonds. The maximum Gasteiger partial charge on any atom is 0.283 e.